The summed E-state index contributed by atoms with van der Waals surface area (Å²) in [6, 6.07) is 8.86. The normalized spacial score (nSPS) is 14.9. The van der Waals surface area contributed by atoms with Gasteiger partial charge >= 0.3 is 0 Å². The lowest BCUT2D eigenvalue weighted by Crippen LogP contribution is -2.22. The predicted octanol–water partition coefficient (Wildman–Crippen LogP) is 2.71. The minimum Gasteiger partial charge on any atom is -0.393 e. The van der Waals surface area contributed by atoms with Crippen LogP contribution in [0.4, 0.5) is 0 Å². The second kappa shape index (κ2) is 6.45. The molecule has 0 fully saturated rings. The Morgan fingerprint density at radius 1 is 1.27 bits per heavy atom. The standard InChI is InChI=1S/C12H18INO/c1-9(15)7-8-14-10(2)11-3-5-12(13)6-4-11/h3-6,9-10,14-15H,7-8H2,1-2H3/t9-,10+/m0/s1. The molecule has 0 spiro atoms. The maximum atomic E-state index is 9.13. The van der Waals surface area contributed by atoms with E-state index in [-0.39, 0.29) is 6.10 Å². The van der Waals surface area contributed by atoms with Crippen molar-refractivity contribution >= 4 is 22.6 Å². The van der Waals surface area contributed by atoms with Gasteiger partial charge in [-0.3, -0.25) is 0 Å². The van der Waals surface area contributed by atoms with Crippen LogP contribution in [-0.2, 0) is 0 Å². The highest BCUT2D eigenvalue weighted by Gasteiger charge is 2.04. The number of halogens is 1. The highest BCUT2D eigenvalue weighted by Crippen LogP contribution is 2.14. The molecule has 15 heavy (non-hydrogen) atoms. The van der Waals surface area contributed by atoms with Crippen molar-refractivity contribution < 1.29 is 5.11 Å². The summed E-state index contributed by atoms with van der Waals surface area (Å²) in [5.74, 6) is 0. The molecular formula is C12H18INO. The van der Waals surface area contributed by atoms with Crippen LogP contribution in [0, 0.1) is 3.57 Å². The lowest BCUT2D eigenvalue weighted by Gasteiger charge is -2.14. The molecule has 1 aromatic carbocycles. The molecule has 84 valence electrons. The summed E-state index contributed by atoms with van der Waals surface area (Å²) in [5, 5.41) is 12.5. The van der Waals surface area contributed by atoms with Crippen LogP contribution in [-0.4, -0.2) is 17.8 Å². The first-order valence-electron chi connectivity index (χ1n) is 5.26. The summed E-state index contributed by atoms with van der Waals surface area (Å²) in [5.41, 5.74) is 1.29. The highest BCUT2D eigenvalue weighted by atomic mass is 127. The average Bonchev–Trinajstić information content (AvgIpc) is 2.18. The first-order chi connectivity index (χ1) is 7.09. The minimum absolute atomic E-state index is 0.221. The second-order valence-corrected chi connectivity index (χ2v) is 5.11. The molecule has 0 radical (unpaired) electrons. The van der Waals surface area contributed by atoms with Crippen LogP contribution in [0.1, 0.15) is 31.9 Å². The molecule has 0 aliphatic heterocycles. The molecule has 1 rings (SSSR count). The molecule has 0 saturated heterocycles. The van der Waals surface area contributed by atoms with Crippen molar-refractivity contribution in [1.29, 1.82) is 0 Å². The monoisotopic (exact) mass is 319 g/mol. The third kappa shape index (κ3) is 4.95. The van der Waals surface area contributed by atoms with Crippen LogP contribution in [0.15, 0.2) is 24.3 Å². The van der Waals surface area contributed by atoms with Crippen molar-refractivity contribution in [3.05, 3.63) is 33.4 Å². The third-order valence-electron chi connectivity index (χ3n) is 2.38. The first kappa shape index (κ1) is 12.9. The molecule has 0 amide bonds. The van der Waals surface area contributed by atoms with E-state index in [2.05, 4.69) is 59.1 Å². The van der Waals surface area contributed by atoms with Crippen LogP contribution < -0.4 is 5.32 Å². The topological polar surface area (TPSA) is 32.3 Å². The van der Waals surface area contributed by atoms with E-state index in [4.69, 9.17) is 5.11 Å². The largest absolute Gasteiger partial charge is 0.393 e. The summed E-state index contributed by atoms with van der Waals surface area (Å²) >= 11 is 2.30. The van der Waals surface area contributed by atoms with Crippen LogP contribution in [0.25, 0.3) is 0 Å². The van der Waals surface area contributed by atoms with Gasteiger partial charge in [0.1, 0.15) is 0 Å². The number of hydrogen-bond acceptors (Lipinski definition) is 2. The zero-order valence-electron chi connectivity index (χ0n) is 9.20. The van der Waals surface area contributed by atoms with Gasteiger partial charge in [0.2, 0.25) is 0 Å². The van der Waals surface area contributed by atoms with Crippen LogP contribution in [0.2, 0.25) is 0 Å². The average molecular weight is 319 g/mol. The van der Waals surface area contributed by atoms with E-state index >= 15 is 0 Å². The second-order valence-electron chi connectivity index (χ2n) is 3.87. The van der Waals surface area contributed by atoms with E-state index < -0.39 is 0 Å². The number of benzene rings is 1. The fourth-order valence-electron chi connectivity index (χ4n) is 1.38. The Hall–Kier alpha value is -0.130. The van der Waals surface area contributed by atoms with Crippen molar-refractivity contribution in [1.82, 2.24) is 5.32 Å². The molecule has 0 aliphatic rings. The van der Waals surface area contributed by atoms with Gasteiger partial charge in [-0.15, -0.1) is 0 Å². The predicted molar refractivity (Wildman–Crippen MR) is 71.9 cm³/mol. The molecule has 0 heterocycles. The number of hydrogen-bond donors (Lipinski definition) is 2. The van der Waals surface area contributed by atoms with Crippen molar-refractivity contribution in [2.75, 3.05) is 6.54 Å². The molecule has 2 atom stereocenters. The van der Waals surface area contributed by atoms with E-state index in [0.29, 0.717) is 6.04 Å². The van der Waals surface area contributed by atoms with E-state index in [0.717, 1.165) is 13.0 Å². The summed E-state index contributed by atoms with van der Waals surface area (Å²) < 4.78 is 1.26. The van der Waals surface area contributed by atoms with Gasteiger partial charge in [0.25, 0.3) is 0 Å². The van der Waals surface area contributed by atoms with Gasteiger partial charge in [-0.25, -0.2) is 0 Å². The van der Waals surface area contributed by atoms with Crippen molar-refractivity contribution in [2.24, 2.45) is 0 Å². The number of nitrogens with one attached hydrogen (secondary N) is 1. The van der Waals surface area contributed by atoms with Gasteiger partial charge in [0.15, 0.2) is 0 Å². The molecule has 2 nitrogen and oxygen atoms in total. The molecule has 0 bridgehead atoms. The molecule has 0 saturated carbocycles. The lowest BCUT2D eigenvalue weighted by molar-refractivity contribution is 0.182. The summed E-state index contributed by atoms with van der Waals surface area (Å²) in [4.78, 5) is 0. The number of rotatable bonds is 5. The Bertz CT molecular complexity index is 284. The van der Waals surface area contributed by atoms with E-state index in [1.807, 2.05) is 6.92 Å². The smallest absolute Gasteiger partial charge is 0.0524 e. The summed E-state index contributed by atoms with van der Waals surface area (Å²) in [6.45, 7) is 4.81. The van der Waals surface area contributed by atoms with E-state index in [1.54, 1.807) is 0 Å². The maximum Gasteiger partial charge on any atom is 0.0524 e. The first-order valence-corrected chi connectivity index (χ1v) is 6.34. The Morgan fingerprint density at radius 2 is 1.87 bits per heavy atom. The Kier molecular flexibility index (Phi) is 5.56. The Balaban J connectivity index is 2.40. The molecule has 3 heteroatoms. The summed E-state index contributed by atoms with van der Waals surface area (Å²) in [7, 11) is 0. The van der Waals surface area contributed by atoms with E-state index in [1.165, 1.54) is 9.13 Å². The summed E-state index contributed by atoms with van der Waals surface area (Å²) in [6.07, 6.45) is 0.579. The Labute approximate surface area is 105 Å². The fraction of sp³-hybridized carbons (Fsp3) is 0.500. The van der Waals surface area contributed by atoms with Crippen molar-refractivity contribution in [2.45, 2.75) is 32.4 Å². The van der Waals surface area contributed by atoms with Gasteiger partial charge in [-0.05, 0) is 67.1 Å². The van der Waals surface area contributed by atoms with Crippen LogP contribution >= 0.6 is 22.6 Å². The van der Waals surface area contributed by atoms with Gasteiger partial charge < -0.3 is 10.4 Å². The quantitative estimate of drug-likeness (QED) is 0.818. The SMILES string of the molecule is C[C@H](O)CCN[C@H](C)c1ccc(I)cc1. The molecule has 0 aliphatic carbocycles. The van der Waals surface area contributed by atoms with Gasteiger partial charge in [0.05, 0.1) is 6.10 Å². The van der Waals surface area contributed by atoms with Crippen LogP contribution in [0.3, 0.4) is 0 Å². The Morgan fingerprint density at radius 3 is 2.40 bits per heavy atom. The minimum atomic E-state index is -0.221. The van der Waals surface area contributed by atoms with Gasteiger partial charge in [-0.2, -0.15) is 0 Å². The number of aliphatic hydroxyl groups is 1. The fourth-order valence-corrected chi connectivity index (χ4v) is 1.74. The highest BCUT2D eigenvalue weighted by molar-refractivity contribution is 14.1. The molecule has 0 unspecified atom stereocenters. The molecule has 0 aromatic heterocycles. The maximum absolute atomic E-state index is 9.13. The zero-order valence-corrected chi connectivity index (χ0v) is 11.4. The van der Waals surface area contributed by atoms with Crippen LogP contribution in [0.5, 0.6) is 0 Å². The molecule has 1 aromatic rings. The zero-order chi connectivity index (χ0) is 11.3. The van der Waals surface area contributed by atoms with Crippen molar-refractivity contribution in [3.8, 4) is 0 Å². The third-order valence-corrected chi connectivity index (χ3v) is 3.10. The van der Waals surface area contributed by atoms with E-state index in [9.17, 15) is 0 Å². The van der Waals surface area contributed by atoms with Gasteiger partial charge in [-0.1, -0.05) is 12.1 Å². The molecular weight excluding hydrogens is 301 g/mol. The number of aliphatic hydroxyl groups excluding tert-OH is 1. The van der Waals surface area contributed by atoms with Crippen molar-refractivity contribution in [3.63, 3.8) is 0 Å². The lowest BCUT2D eigenvalue weighted by atomic mass is 10.1. The van der Waals surface area contributed by atoms with Gasteiger partial charge in [0, 0.05) is 9.61 Å². The molecule has 2 N–H and O–H groups in total.